The van der Waals surface area contributed by atoms with Crippen LogP contribution in [-0.4, -0.2) is 13.3 Å². The first-order valence-corrected chi connectivity index (χ1v) is 3.40. The Labute approximate surface area is 70.9 Å². The van der Waals surface area contributed by atoms with E-state index in [1.165, 1.54) is 7.11 Å². The van der Waals surface area contributed by atoms with Crippen LogP contribution < -0.4 is 4.74 Å². The maximum absolute atomic E-state index is 10.6. The fourth-order valence-electron chi connectivity index (χ4n) is 0.747. The van der Waals surface area contributed by atoms with Crippen LogP contribution in [-0.2, 0) is 4.74 Å². The zero-order chi connectivity index (χ0) is 8.97. The number of carbonyl (C=O) groups is 1. The predicted octanol–water partition coefficient (Wildman–Crippen LogP) is 2.01. The molecule has 0 aromatic heterocycles. The first kappa shape index (κ1) is 8.59. The molecule has 0 amide bonds. The Bertz CT molecular complexity index is 281. The van der Waals surface area contributed by atoms with Crippen LogP contribution in [0.15, 0.2) is 24.3 Å². The van der Waals surface area contributed by atoms with E-state index in [9.17, 15) is 4.79 Å². The van der Waals surface area contributed by atoms with E-state index in [0.29, 0.717) is 5.75 Å². The van der Waals surface area contributed by atoms with Crippen molar-refractivity contribution in [1.29, 1.82) is 0 Å². The number of hydrogen-bond donors (Lipinski definition) is 0. The minimum Gasteiger partial charge on any atom is -0.437 e. The van der Waals surface area contributed by atoms with Gasteiger partial charge in [-0.15, -0.1) is 0 Å². The van der Waals surface area contributed by atoms with Crippen LogP contribution in [0.25, 0.3) is 0 Å². The summed E-state index contributed by atoms with van der Waals surface area (Å²) in [7, 11) is 1.26. The molecule has 1 rings (SSSR count). The Morgan fingerprint density at radius 1 is 1.50 bits per heavy atom. The fourth-order valence-corrected chi connectivity index (χ4v) is 0.747. The number of carbonyl (C=O) groups excluding carboxylic acids is 1. The normalized spacial score (nSPS) is 9.17. The van der Waals surface area contributed by atoms with E-state index in [0.717, 1.165) is 5.56 Å². The third kappa shape index (κ3) is 2.27. The molecular formula is C9H9O3. The van der Waals surface area contributed by atoms with Crippen molar-refractivity contribution in [2.24, 2.45) is 0 Å². The van der Waals surface area contributed by atoms with Gasteiger partial charge in [-0.1, -0.05) is 12.1 Å². The molecule has 3 heteroatoms. The second kappa shape index (κ2) is 3.76. The molecule has 3 nitrogen and oxygen atoms in total. The molecule has 0 bridgehead atoms. The molecule has 0 aliphatic carbocycles. The van der Waals surface area contributed by atoms with Crippen LogP contribution in [0.4, 0.5) is 4.79 Å². The molecular weight excluding hydrogens is 156 g/mol. The van der Waals surface area contributed by atoms with Crippen LogP contribution in [0.3, 0.4) is 0 Å². The van der Waals surface area contributed by atoms with E-state index < -0.39 is 6.16 Å². The van der Waals surface area contributed by atoms with E-state index >= 15 is 0 Å². The second-order valence-electron chi connectivity index (χ2n) is 2.20. The Morgan fingerprint density at radius 2 is 2.25 bits per heavy atom. The van der Waals surface area contributed by atoms with Gasteiger partial charge in [-0.05, 0) is 24.6 Å². The van der Waals surface area contributed by atoms with Crippen LogP contribution >= 0.6 is 0 Å². The molecule has 12 heavy (non-hydrogen) atoms. The van der Waals surface area contributed by atoms with Crippen molar-refractivity contribution in [2.75, 3.05) is 7.11 Å². The topological polar surface area (TPSA) is 35.5 Å². The van der Waals surface area contributed by atoms with Gasteiger partial charge in [0, 0.05) is 0 Å². The summed E-state index contributed by atoms with van der Waals surface area (Å²) in [4.78, 5) is 10.6. The zero-order valence-corrected chi connectivity index (χ0v) is 6.74. The van der Waals surface area contributed by atoms with Gasteiger partial charge in [-0.25, -0.2) is 4.79 Å². The van der Waals surface area contributed by atoms with E-state index in [1.807, 2.05) is 6.07 Å². The molecule has 0 fully saturated rings. The first-order valence-electron chi connectivity index (χ1n) is 3.40. The quantitative estimate of drug-likeness (QED) is 0.471. The largest absolute Gasteiger partial charge is 0.513 e. The molecule has 1 radical (unpaired) electrons. The summed E-state index contributed by atoms with van der Waals surface area (Å²) in [5.41, 5.74) is 0.788. The van der Waals surface area contributed by atoms with Crippen molar-refractivity contribution in [3.05, 3.63) is 36.8 Å². The molecule has 1 aromatic carbocycles. The number of methoxy groups -OCH3 is 1. The van der Waals surface area contributed by atoms with Crippen molar-refractivity contribution in [2.45, 2.75) is 0 Å². The molecule has 0 aliphatic heterocycles. The Kier molecular flexibility index (Phi) is 2.69. The molecule has 0 aliphatic rings. The van der Waals surface area contributed by atoms with Crippen LogP contribution in [0.5, 0.6) is 5.75 Å². The smallest absolute Gasteiger partial charge is 0.437 e. The van der Waals surface area contributed by atoms with Crippen molar-refractivity contribution in [3.8, 4) is 5.75 Å². The Morgan fingerprint density at radius 3 is 2.83 bits per heavy atom. The third-order valence-electron chi connectivity index (χ3n) is 1.27. The van der Waals surface area contributed by atoms with Crippen molar-refractivity contribution >= 4 is 6.16 Å². The second-order valence-corrected chi connectivity index (χ2v) is 2.20. The maximum atomic E-state index is 10.6. The van der Waals surface area contributed by atoms with Gasteiger partial charge < -0.3 is 9.47 Å². The van der Waals surface area contributed by atoms with Gasteiger partial charge in [0.05, 0.1) is 7.11 Å². The zero-order valence-electron chi connectivity index (χ0n) is 6.74. The molecule has 63 valence electrons. The summed E-state index contributed by atoms with van der Waals surface area (Å²) in [6.07, 6.45) is -0.722. The third-order valence-corrected chi connectivity index (χ3v) is 1.27. The highest BCUT2D eigenvalue weighted by atomic mass is 16.7. The maximum Gasteiger partial charge on any atom is 0.513 e. The molecule has 0 spiro atoms. The van der Waals surface area contributed by atoms with Gasteiger partial charge in [0.1, 0.15) is 5.75 Å². The van der Waals surface area contributed by atoms with Crippen LogP contribution in [0.2, 0.25) is 0 Å². The lowest BCUT2D eigenvalue weighted by molar-refractivity contribution is 0.121. The van der Waals surface area contributed by atoms with Crippen molar-refractivity contribution in [3.63, 3.8) is 0 Å². The SMILES string of the molecule is [CH2]c1cccc(OC(=O)OC)c1. The Balaban J connectivity index is 2.69. The fraction of sp³-hybridized carbons (Fsp3) is 0.111. The first-order chi connectivity index (χ1) is 5.72. The summed E-state index contributed by atoms with van der Waals surface area (Å²) in [5.74, 6) is 0.439. The van der Waals surface area contributed by atoms with Gasteiger partial charge in [0.2, 0.25) is 0 Å². The molecule has 1 aromatic rings. The van der Waals surface area contributed by atoms with E-state index in [2.05, 4.69) is 11.7 Å². The molecule has 0 N–H and O–H groups in total. The molecule has 0 saturated carbocycles. The number of rotatable bonds is 1. The molecule has 0 saturated heterocycles. The van der Waals surface area contributed by atoms with Crippen molar-refractivity contribution in [1.82, 2.24) is 0 Å². The van der Waals surface area contributed by atoms with E-state index in [1.54, 1.807) is 18.2 Å². The number of hydrogen-bond acceptors (Lipinski definition) is 3. The van der Waals surface area contributed by atoms with Gasteiger partial charge in [0.15, 0.2) is 0 Å². The van der Waals surface area contributed by atoms with E-state index in [4.69, 9.17) is 4.74 Å². The van der Waals surface area contributed by atoms with Gasteiger partial charge in [-0.3, -0.25) is 0 Å². The number of ether oxygens (including phenoxy) is 2. The summed E-state index contributed by atoms with van der Waals surface area (Å²) in [6, 6.07) is 6.87. The van der Waals surface area contributed by atoms with E-state index in [-0.39, 0.29) is 0 Å². The lowest BCUT2D eigenvalue weighted by atomic mass is 10.2. The molecule has 0 unspecified atom stereocenters. The van der Waals surface area contributed by atoms with Crippen LogP contribution in [0.1, 0.15) is 5.56 Å². The lowest BCUT2D eigenvalue weighted by Gasteiger charge is -2.01. The monoisotopic (exact) mass is 165 g/mol. The number of benzene rings is 1. The highest BCUT2D eigenvalue weighted by Crippen LogP contribution is 2.12. The summed E-state index contributed by atoms with van der Waals surface area (Å²) >= 11 is 0. The average Bonchev–Trinajstić information content (AvgIpc) is 2.04. The molecule has 0 heterocycles. The average molecular weight is 165 g/mol. The summed E-state index contributed by atoms with van der Waals surface area (Å²) < 4.78 is 9.06. The molecule has 0 atom stereocenters. The Hall–Kier alpha value is -1.51. The van der Waals surface area contributed by atoms with Crippen molar-refractivity contribution < 1.29 is 14.3 Å². The lowest BCUT2D eigenvalue weighted by Crippen LogP contribution is -2.06. The van der Waals surface area contributed by atoms with Gasteiger partial charge in [-0.2, -0.15) is 0 Å². The summed E-state index contributed by atoms with van der Waals surface area (Å²) in [6.45, 7) is 3.68. The standard InChI is InChI=1S/C9H9O3/c1-7-4-3-5-8(6-7)12-9(10)11-2/h3-6H,1H2,2H3. The van der Waals surface area contributed by atoms with Gasteiger partial charge >= 0.3 is 6.16 Å². The van der Waals surface area contributed by atoms with Crippen LogP contribution in [0, 0.1) is 6.92 Å². The minimum absolute atomic E-state index is 0.439. The van der Waals surface area contributed by atoms with Gasteiger partial charge in [0.25, 0.3) is 0 Å². The highest BCUT2D eigenvalue weighted by Gasteiger charge is 2.01. The predicted molar refractivity (Wildman–Crippen MR) is 43.9 cm³/mol. The highest BCUT2D eigenvalue weighted by molar-refractivity contribution is 5.63. The minimum atomic E-state index is -0.722. The summed E-state index contributed by atoms with van der Waals surface area (Å²) in [5, 5.41) is 0.